The van der Waals surface area contributed by atoms with Crippen LogP contribution in [0.1, 0.15) is 37.0 Å². The van der Waals surface area contributed by atoms with Crippen LogP contribution in [0.15, 0.2) is 106 Å². The first-order valence-corrected chi connectivity index (χ1v) is 17.8. The molecular weight excluding hydrogens is 702 g/mol. The quantitative estimate of drug-likeness (QED) is 0.148. The molecule has 0 saturated heterocycles. The van der Waals surface area contributed by atoms with Crippen molar-refractivity contribution < 1.29 is 22.7 Å². The first-order valence-electron chi connectivity index (χ1n) is 15.2. The van der Waals surface area contributed by atoms with E-state index in [1.54, 1.807) is 54.6 Å². The number of hydrogen-bond acceptors (Lipinski definition) is 5. The van der Waals surface area contributed by atoms with Gasteiger partial charge in [-0.15, -0.1) is 0 Å². The molecule has 0 saturated carbocycles. The number of benzene rings is 4. The summed E-state index contributed by atoms with van der Waals surface area (Å²) in [5.41, 5.74) is 2.84. The summed E-state index contributed by atoms with van der Waals surface area (Å²) in [5.74, 6) is -0.404. The number of carbonyl (C=O) groups excluding carboxylic acids is 2. The van der Waals surface area contributed by atoms with Gasteiger partial charge in [0.15, 0.2) is 0 Å². The largest absolute Gasteiger partial charge is 0.496 e. The van der Waals surface area contributed by atoms with Crippen LogP contribution in [0.2, 0.25) is 5.02 Å². The molecule has 0 aliphatic carbocycles. The van der Waals surface area contributed by atoms with Crippen LogP contribution in [0.25, 0.3) is 0 Å². The van der Waals surface area contributed by atoms with Crippen molar-refractivity contribution in [1.29, 1.82) is 0 Å². The lowest BCUT2D eigenvalue weighted by Gasteiger charge is -2.34. The van der Waals surface area contributed by atoms with Crippen LogP contribution in [-0.2, 0) is 32.6 Å². The standard InChI is InChI=1S/C36H39BrClN3O5S/c1-5-26(3)39-36(43)33(21-27-9-7-6-8-10-27)40(23-28-13-15-29(38)16-14-28)35(42)24-41(30-17-11-25(2)12-18-30)47(44,45)31-19-20-34(46-4)32(37)22-31/h6-20,22,26,33H,5,21,23-24H2,1-4H3,(H,39,43)/t26-,33+/m1/s1. The van der Waals surface area contributed by atoms with E-state index >= 15 is 0 Å². The van der Waals surface area contributed by atoms with E-state index in [0.29, 0.717) is 27.4 Å². The molecule has 0 aliphatic heterocycles. The van der Waals surface area contributed by atoms with Crippen LogP contribution in [0.5, 0.6) is 5.75 Å². The number of aryl methyl sites for hydroxylation is 1. The number of carbonyl (C=O) groups is 2. The number of anilines is 1. The third-order valence-electron chi connectivity index (χ3n) is 7.85. The zero-order valence-corrected chi connectivity index (χ0v) is 30.0. The van der Waals surface area contributed by atoms with Crippen LogP contribution in [0.4, 0.5) is 5.69 Å². The molecule has 0 aliphatic rings. The predicted octanol–water partition coefficient (Wildman–Crippen LogP) is 7.17. The lowest BCUT2D eigenvalue weighted by atomic mass is 10.0. The molecule has 4 rings (SSSR count). The van der Waals surface area contributed by atoms with Gasteiger partial charge >= 0.3 is 0 Å². The fourth-order valence-corrected chi connectivity index (χ4v) is 7.22. The smallest absolute Gasteiger partial charge is 0.264 e. The number of nitrogens with zero attached hydrogens (tertiary/aromatic N) is 2. The molecule has 8 nitrogen and oxygen atoms in total. The Morgan fingerprint density at radius 3 is 2.19 bits per heavy atom. The molecule has 2 amide bonds. The zero-order chi connectivity index (χ0) is 34.1. The van der Waals surface area contributed by atoms with Gasteiger partial charge in [0, 0.05) is 24.0 Å². The SMILES string of the molecule is CC[C@@H](C)NC(=O)[C@H](Cc1ccccc1)N(Cc1ccc(Cl)cc1)C(=O)CN(c1ccc(C)cc1)S(=O)(=O)c1ccc(OC)c(Br)c1. The van der Waals surface area contributed by atoms with Crippen molar-refractivity contribution in [2.75, 3.05) is 18.0 Å². The van der Waals surface area contributed by atoms with E-state index in [0.717, 1.165) is 21.0 Å². The Morgan fingerprint density at radius 1 is 0.936 bits per heavy atom. The van der Waals surface area contributed by atoms with Crippen molar-refractivity contribution in [1.82, 2.24) is 10.2 Å². The van der Waals surface area contributed by atoms with Gasteiger partial charge in [0.2, 0.25) is 11.8 Å². The van der Waals surface area contributed by atoms with Crippen LogP contribution < -0.4 is 14.4 Å². The Hall–Kier alpha value is -3.86. The summed E-state index contributed by atoms with van der Waals surface area (Å²) in [6, 6.07) is 26.7. The number of sulfonamides is 1. The van der Waals surface area contributed by atoms with E-state index in [9.17, 15) is 18.0 Å². The van der Waals surface area contributed by atoms with Gasteiger partial charge in [0.05, 0.1) is 22.2 Å². The summed E-state index contributed by atoms with van der Waals surface area (Å²) in [6.45, 7) is 5.27. The Morgan fingerprint density at radius 2 is 1.60 bits per heavy atom. The van der Waals surface area contributed by atoms with E-state index in [2.05, 4.69) is 21.2 Å². The highest BCUT2D eigenvalue weighted by Crippen LogP contribution is 2.31. The van der Waals surface area contributed by atoms with Crippen molar-refractivity contribution in [2.45, 2.75) is 57.1 Å². The van der Waals surface area contributed by atoms with Crippen LogP contribution in [0, 0.1) is 6.92 Å². The first kappa shape index (κ1) is 36.0. The molecule has 0 radical (unpaired) electrons. The highest BCUT2D eigenvalue weighted by Gasteiger charge is 2.35. The van der Waals surface area contributed by atoms with Gasteiger partial charge < -0.3 is 15.0 Å². The molecule has 47 heavy (non-hydrogen) atoms. The molecule has 0 fully saturated rings. The number of hydrogen-bond donors (Lipinski definition) is 1. The topological polar surface area (TPSA) is 96.0 Å². The Kier molecular flexibility index (Phi) is 12.5. The van der Waals surface area contributed by atoms with E-state index in [-0.39, 0.29) is 29.8 Å². The van der Waals surface area contributed by atoms with Gasteiger partial charge in [-0.1, -0.05) is 78.7 Å². The fourth-order valence-electron chi connectivity index (χ4n) is 4.96. The molecule has 2 atom stereocenters. The minimum absolute atomic E-state index is 0.0295. The lowest BCUT2D eigenvalue weighted by molar-refractivity contribution is -0.140. The normalized spacial score (nSPS) is 12.6. The Bertz CT molecular complexity index is 1770. The lowest BCUT2D eigenvalue weighted by Crippen LogP contribution is -2.54. The molecular formula is C36H39BrClN3O5S. The molecule has 0 heterocycles. The van der Waals surface area contributed by atoms with Gasteiger partial charge in [-0.2, -0.15) is 0 Å². The molecule has 4 aromatic rings. The number of nitrogens with one attached hydrogen (secondary N) is 1. The molecule has 0 aromatic heterocycles. The minimum Gasteiger partial charge on any atom is -0.496 e. The second-order valence-corrected chi connectivity index (χ2v) is 14.5. The second-order valence-electron chi connectivity index (χ2n) is 11.3. The summed E-state index contributed by atoms with van der Waals surface area (Å²) in [7, 11) is -2.78. The second kappa shape index (κ2) is 16.3. The molecule has 11 heteroatoms. The third kappa shape index (κ3) is 9.37. The predicted molar refractivity (Wildman–Crippen MR) is 190 cm³/mol. The minimum atomic E-state index is -4.27. The third-order valence-corrected chi connectivity index (χ3v) is 10.5. The van der Waals surface area contributed by atoms with Gasteiger partial charge in [-0.25, -0.2) is 8.42 Å². The highest BCUT2D eigenvalue weighted by molar-refractivity contribution is 9.10. The summed E-state index contributed by atoms with van der Waals surface area (Å²) < 4.78 is 35.4. The van der Waals surface area contributed by atoms with Gasteiger partial charge in [-0.05, 0) is 89.8 Å². The van der Waals surface area contributed by atoms with E-state index in [1.807, 2.05) is 51.1 Å². The summed E-state index contributed by atoms with van der Waals surface area (Å²) >= 11 is 9.55. The summed E-state index contributed by atoms with van der Waals surface area (Å²) in [4.78, 5) is 30.0. The van der Waals surface area contributed by atoms with Crippen LogP contribution in [-0.4, -0.2) is 50.9 Å². The molecule has 0 spiro atoms. The fraction of sp³-hybridized carbons (Fsp3) is 0.278. The molecule has 248 valence electrons. The maximum atomic E-state index is 14.6. The van der Waals surface area contributed by atoms with Crippen molar-refractivity contribution in [3.8, 4) is 5.75 Å². The maximum absolute atomic E-state index is 14.6. The average molecular weight is 741 g/mol. The molecule has 4 aromatic carbocycles. The monoisotopic (exact) mass is 739 g/mol. The molecule has 1 N–H and O–H groups in total. The van der Waals surface area contributed by atoms with Crippen molar-refractivity contribution in [2.24, 2.45) is 0 Å². The van der Waals surface area contributed by atoms with Crippen molar-refractivity contribution >= 4 is 55.1 Å². The van der Waals surface area contributed by atoms with Gasteiger partial charge in [0.25, 0.3) is 10.0 Å². The number of ether oxygens (including phenoxy) is 1. The van der Waals surface area contributed by atoms with E-state index < -0.39 is 28.5 Å². The van der Waals surface area contributed by atoms with E-state index in [4.69, 9.17) is 16.3 Å². The van der Waals surface area contributed by atoms with Crippen LogP contribution >= 0.6 is 27.5 Å². The highest BCUT2D eigenvalue weighted by atomic mass is 79.9. The molecule has 0 unspecified atom stereocenters. The van der Waals surface area contributed by atoms with E-state index in [1.165, 1.54) is 24.1 Å². The van der Waals surface area contributed by atoms with Crippen molar-refractivity contribution in [3.63, 3.8) is 0 Å². The number of amides is 2. The Labute approximate surface area is 290 Å². The average Bonchev–Trinajstić information content (AvgIpc) is 3.06. The number of methoxy groups -OCH3 is 1. The zero-order valence-electron chi connectivity index (χ0n) is 26.8. The summed E-state index contributed by atoms with van der Waals surface area (Å²) in [5, 5.41) is 3.57. The first-order chi connectivity index (χ1) is 22.4. The van der Waals surface area contributed by atoms with Crippen molar-refractivity contribution in [3.05, 3.63) is 123 Å². The Balaban J connectivity index is 1.81. The van der Waals surface area contributed by atoms with Crippen LogP contribution in [0.3, 0.4) is 0 Å². The summed E-state index contributed by atoms with van der Waals surface area (Å²) in [6.07, 6.45) is 0.928. The number of halogens is 2. The molecule has 0 bridgehead atoms. The van der Waals surface area contributed by atoms with Gasteiger partial charge in [0.1, 0.15) is 18.3 Å². The van der Waals surface area contributed by atoms with Gasteiger partial charge in [-0.3, -0.25) is 13.9 Å². The number of rotatable bonds is 14. The maximum Gasteiger partial charge on any atom is 0.264 e.